The normalized spacial score (nSPS) is 20.6. The maximum absolute atomic E-state index is 11.9. The van der Waals surface area contributed by atoms with Gasteiger partial charge < -0.3 is 34.6 Å². The monoisotopic (exact) mass is 549 g/mol. The number of aliphatic hydroxyl groups excluding tert-OH is 1. The van der Waals surface area contributed by atoms with Crippen LogP contribution in [0.5, 0.6) is 5.75 Å². The summed E-state index contributed by atoms with van der Waals surface area (Å²) in [6.45, 7) is 0.845. The molecular weight excluding hydrogens is 518 g/mol. The fourth-order valence-electron chi connectivity index (χ4n) is 4.04. The first-order valence-corrected chi connectivity index (χ1v) is 12.4. The van der Waals surface area contributed by atoms with E-state index in [2.05, 4.69) is 15.5 Å². The number of rotatable bonds is 16. The predicted molar refractivity (Wildman–Crippen MR) is 132 cm³/mol. The lowest BCUT2D eigenvalue weighted by Gasteiger charge is -2.31. The van der Waals surface area contributed by atoms with E-state index in [1.54, 1.807) is 18.2 Å². The molecule has 2 heterocycles. The fourth-order valence-corrected chi connectivity index (χ4v) is 4.04. The number of carboxylic acids is 1. The number of ether oxygens (including phenoxy) is 3. The van der Waals surface area contributed by atoms with Gasteiger partial charge in [0.2, 0.25) is 12.2 Å². The van der Waals surface area contributed by atoms with Crippen LogP contribution in [0.1, 0.15) is 36.8 Å². The van der Waals surface area contributed by atoms with Crippen LogP contribution in [0.2, 0.25) is 0 Å². The Balaban J connectivity index is 1.37. The van der Waals surface area contributed by atoms with Crippen LogP contribution in [-0.4, -0.2) is 83.6 Å². The van der Waals surface area contributed by atoms with Crippen LogP contribution in [0.25, 0.3) is 0 Å². The summed E-state index contributed by atoms with van der Waals surface area (Å²) >= 11 is 0. The molecule has 14 heteroatoms. The molecule has 0 aromatic heterocycles. The van der Waals surface area contributed by atoms with Gasteiger partial charge in [-0.15, -0.1) is 4.91 Å². The minimum absolute atomic E-state index is 0.0120. The number of carbonyl (C=O) groups excluding carboxylic acids is 3. The fraction of sp³-hybridized carbons (Fsp3) is 0.520. The number of hydrogen-bond donors (Lipinski definition) is 3. The smallest absolute Gasteiger partial charge is 0.333 e. The predicted octanol–water partition coefficient (Wildman–Crippen LogP) is 0.595. The minimum Gasteiger partial charge on any atom is -0.479 e. The number of aliphatic carboxylic acids is 1. The molecule has 1 aromatic rings. The van der Waals surface area contributed by atoms with E-state index in [0.717, 1.165) is 10.5 Å². The lowest BCUT2D eigenvalue weighted by Crippen LogP contribution is -2.42. The zero-order chi connectivity index (χ0) is 28.2. The number of imide groups is 1. The zero-order valence-corrected chi connectivity index (χ0v) is 21.2. The number of carbonyl (C=O) groups is 4. The molecule has 1 fully saturated rings. The number of aliphatic hydroxyl groups is 1. The van der Waals surface area contributed by atoms with Crippen LogP contribution in [0, 0.1) is 4.91 Å². The Kier molecular flexibility index (Phi) is 11.3. The van der Waals surface area contributed by atoms with E-state index in [-0.39, 0.29) is 51.5 Å². The van der Waals surface area contributed by atoms with Crippen molar-refractivity contribution in [1.29, 1.82) is 0 Å². The molecule has 2 aliphatic heterocycles. The number of benzene rings is 1. The van der Waals surface area contributed by atoms with Crippen molar-refractivity contribution in [1.82, 2.24) is 10.2 Å². The molecule has 3 rings (SSSR count). The maximum atomic E-state index is 11.9. The van der Waals surface area contributed by atoms with E-state index in [4.69, 9.17) is 14.2 Å². The van der Waals surface area contributed by atoms with Crippen LogP contribution < -0.4 is 10.1 Å². The average Bonchev–Trinajstić information content (AvgIpc) is 3.22. The first-order chi connectivity index (χ1) is 18.8. The molecule has 3 atom stereocenters. The van der Waals surface area contributed by atoms with Crippen molar-refractivity contribution in [2.45, 2.75) is 57.2 Å². The molecule has 39 heavy (non-hydrogen) atoms. The largest absolute Gasteiger partial charge is 0.479 e. The summed E-state index contributed by atoms with van der Waals surface area (Å²) in [4.78, 5) is 62.2. The topological polar surface area (TPSA) is 190 Å². The van der Waals surface area contributed by atoms with Crippen LogP contribution in [-0.2, 0) is 46.5 Å². The Labute approximate surface area is 223 Å². The SMILES string of the molecule is O=NOCc1cc(CCCOCCNC(=O)CCN2C(=O)C=CC2=O)ccc1O[C@H]1CC(O)C[C@@H](C(=O)O)O1. The Hall–Kier alpha value is -3.88. The third kappa shape index (κ3) is 9.42. The number of hydrogen-bond acceptors (Lipinski definition) is 11. The van der Waals surface area contributed by atoms with Gasteiger partial charge in [0.25, 0.3) is 11.8 Å². The lowest BCUT2D eigenvalue weighted by molar-refractivity contribution is -0.195. The zero-order valence-electron chi connectivity index (χ0n) is 21.2. The van der Waals surface area contributed by atoms with Gasteiger partial charge in [-0.05, 0) is 30.5 Å². The van der Waals surface area contributed by atoms with Crippen molar-refractivity contribution in [3.05, 3.63) is 46.4 Å². The molecule has 3 amide bonds. The van der Waals surface area contributed by atoms with Gasteiger partial charge in [0.05, 0.1) is 12.7 Å². The summed E-state index contributed by atoms with van der Waals surface area (Å²) in [6, 6.07) is 5.21. The van der Waals surface area contributed by atoms with E-state index in [1.165, 1.54) is 12.2 Å². The number of nitrogens with zero attached hydrogens (tertiary/aromatic N) is 2. The van der Waals surface area contributed by atoms with Crippen LogP contribution in [0.4, 0.5) is 0 Å². The Morgan fingerprint density at radius 3 is 2.64 bits per heavy atom. The van der Waals surface area contributed by atoms with Crippen molar-refractivity contribution < 1.29 is 48.4 Å². The highest BCUT2D eigenvalue weighted by molar-refractivity contribution is 6.13. The van der Waals surface area contributed by atoms with Crippen molar-refractivity contribution in [3.63, 3.8) is 0 Å². The molecule has 0 spiro atoms. The lowest BCUT2D eigenvalue weighted by atomic mass is 10.0. The van der Waals surface area contributed by atoms with Gasteiger partial charge in [-0.1, -0.05) is 6.07 Å². The molecule has 3 N–H and O–H groups in total. The van der Waals surface area contributed by atoms with Gasteiger partial charge in [-0.2, -0.15) is 0 Å². The number of amides is 3. The quantitative estimate of drug-likeness (QED) is 0.113. The van der Waals surface area contributed by atoms with Gasteiger partial charge in [-0.3, -0.25) is 19.3 Å². The number of carboxylic acid groups (broad SMARTS) is 1. The van der Waals surface area contributed by atoms with Crippen molar-refractivity contribution in [2.75, 3.05) is 26.3 Å². The Morgan fingerprint density at radius 1 is 1.15 bits per heavy atom. The molecule has 2 aliphatic rings. The minimum atomic E-state index is -1.19. The molecule has 212 valence electrons. The molecular formula is C25H31N3O11. The summed E-state index contributed by atoms with van der Waals surface area (Å²) in [5, 5.41) is 24.2. The molecule has 0 saturated carbocycles. The Morgan fingerprint density at radius 2 is 1.92 bits per heavy atom. The summed E-state index contributed by atoms with van der Waals surface area (Å²) < 4.78 is 16.7. The molecule has 0 aliphatic carbocycles. The highest BCUT2D eigenvalue weighted by Crippen LogP contribution is 2.28. The standard InChI is InChI=1S/C25H31N3O11/c29-18-13-20(25(33)34)39-24(14-18)38-19-4-3-16(12-17(19)15-37-27-35)2-1-10-36-11-8-26-21(30)7-9-28-22(31)5-6-23(28)32/h3-6,12,18,20,24,29H,1-2,7-11,13-15H2,(H,26,30)(H,33,34)/t18?,20-,24+/m0/s1. The van der Waals surface area contributed by atoms with Gasteiger partial charge in [0.1, 0.15) is 12.4 Å². The highest BCUT2D eigenvalue weighted by atomic mass is 16.7. The van der Waals surface area contributed by atoms with Crippen molar-refractivity contribution in [3.8, 4) is 5.75 Å². The van der Waals surface area contributed by atoms with Crippen LogP contribution >= 0.6 is 0 Å². The average molecular weight is 550 g/mol. The second-order valence-electron chi connectivity index (χ2n) is 8.90. The Bertz CT molecular complexity index is 1060. The summed E-state index contributed by atoms with van der Waals surface area (Å²) in [5.41, 5.74) is 1.40. The van der Waals surface area contributed by atoms with E-state index >= 15 is 0 Å². The van der Waals surface area contributed by atoms with Gasteiger partial charge >= 0.3 is 5.97 Å². The van der Waals surface area contributed by atoms with E-state index in [1.807, 2.05) is 0 Å². The van der Waals surface area contributed by atoms with E-state index in [9.17, 15) is 34.3 Å². The summed E-state index contributed by atoms with van der Waals surface area (Å²) in [5.74, 6) is -2.02. The van der Waals surface area contributed by atoms with Crippen LogP contribution in [0.3, 0.4) is 0 Å². The van der Waals surface area contributed by atoms with E-state index < -0.39 is 36.3 Å². The number of nitrogens with one attached hydrogen (secondary N) is 1. The van der Waals surface area contributed by atoms with Gasteiger partial charge in [0, 0.05) is 56.7 Å². The first-order valence-electron chi connectivity index (χ1n) is 12.4. The maximum Gasteiger partial charge on any atom is 0.333 e. The van der Waals surface area contributed by atoms with E-state index in [0.29, 0.717) is 30.8 Å². The molecule has 0 bridgehead atoms. The number of aryl methyl sites for hydroxylation is 1. The van der Waals surface area contributed by atoms with Crippen molar-refractivity contribution >= 4 is 23.7 Å². The summed E-state index contributed by atoms with van der Waals surface area (Å²) in [6.07, 6.45) is 0.624. The molecule has 1 saturated heterocycles. The second kappa shape index (κ2) is 14.9. The third-order valence-electron chi connectivity index (χ3n) is 5.98. The summed E-state index contributed by atoms with van der Waals surface area (Å²) in [7, 11) is 0. The molecule has 1 aromatic carbocycles. The van der Waals surface area contributed by atoms with Gasteiger partial charge in [0.15, 0.2) is 11.4 Å². The molecule has 0 radical (unpaired) electrons. The van der Waals surface area contributed by atoms with Crippen LogP contribution in [0.15, 0.2) is 35.7 Å². The first kappa shape index (κ1) is 29.7. The molecule has 14 nitrogen and oxygen atoms in total. The van der Waals surface area contributed by atoms with Crippen molar-refractivity contribution in [2.24, 2.45) is 5.34 Å². The molecule has 1 unspecified atom stereocenters. The highest BCUT2D eigenvalue weighted by Gasteiger charge is 2.34. The third-order valence-corrected chi connectivity index (χ3v) is 5.98. The van der Waals surface area contributed by atoms with Gasteiger partial charge in [-0.25, -0.2) is 4.79 Å². The second-order valence-corrected chi connectivity index (χ2v) is 8.90.